The second kappa shape index (κ2) is 8.50. The average molecular weight is 517 g/mol. The second-order valence-corrected chi connectivity index (χ2v) is 12.4. The molecule has 0 unspecified atom stereocenters. The van der Waals surface area contributed by atoms with Crippen molar-refractivity contribution in [2.45, 2.75) is 55.0 Å². The molecule has 1 fully saturated rings. The highest BCUT2D eigenvalue weighted by Crippen LogP contribution is 2.48. The third-order valence-corrected chi connectivity index (χ3v) is 8.59. The molecule has 5 rings (SSSR count). The van der Waals surface area contributed by atoms with Crippen LogP contribution in [0.1, 0.15) is 55.4 Å². The van der Waals surface area contributed by atoms with Crippen LogP contribution in [0.5, 0.6) is 5.75 Å². The van der Waals surface area contributed by atoms with Crippen molar-refractivity contribution in [2.24, 2.45) is 0 Å². The van der Waals surface area contributed by atoms with E-state index >= 15 is 0 Å². The van der Waals surface area contributed by atoms with Crippen LogP contribution >= 0.6 is 0 Å². The molecule has 1 aromatic heterocycles. The summed E-state index contributed by atoms with van der Waals surface area (Å²) in [6.45, 7) is 6.36. The quantitative estimate of drug-likeness (QED) is 0.425. The molecule has 2 aliphatic heterocycles. The van der Waals surface area contributed by atoms with Gasteiger partial charge < -0.3 is 14.2 Å². The first-order valence-corrected chi connectivity index (χ1v) is 12.9. The van der Waals surface area contributed by atoms with Crippen LogP contribution in [0.25, 0.3) is 5.69 Å². The Morgan fingerprint density at radius 1 is 0.944 bits per heavy atom. The van der Waals surface area contributed by atoms with Crippen molar-refractivity contribution >= 4 is 16.7 Å². The van der Waals surface area contributed by atoms with Gasteiger partial charge in [0.05, 0.1) is 22.2 Å². The largest absolute Gasteiger partial charge is 0.479 e. The SMILES string of the molecule is CC(C)(C)[S@](=O)c1ccc(C(=O)N2CCC3(CC2)Oc2ccccc2-n2c(C(F)(F)F)ccc23)cc1. The fourth-order valence-corrected chi connectivity index (χ4v) is 6.04. The Hall–Kier alpha value is -3.07. The maximum absolute atomic E-state index is 13.8. The van der Waals surface area contributed by atoms with E-state index < -0.39 is 33.0 Å². The van der Waals surface area contributed by atoms with Gasteiger partial charge in [0.15, 0.2) is 5.60 Å². The van der Waals surface area contributed by atoms with Gasteiger partial charge in [0, 0.05) is 41.1 Å². The second-order valence-electron chi connectivity index (χ2n) is 10.2. The molecular formula is C27H27F3N2O3S. The lowest BCUT2D eigenvalue weighted by atomic mass is 9.86. The maximum atomic E-state index is 13.8. The number of para-hydroxylation sites is 2. The molecule has 190 valence electrons. The highest BCUT2D eigenvalue weighted by molar-refractivity contribution is 7.86. The predicted molar refractivity (Wildman–Crippen MR) is 131 cm³/mol. The van der Waals surface area contributed by atoms with Crippen molar-refractivity contribution in [3.05, 3.63) is 77.6 Å². The summed E-state index contributed by atoms with van der Waals surface area (Å²) in [5, 5.41) is 0. The summed E-state index contributed by atoms with van der Waals surface area (Å²) < 4.78 is 61.3. The molecule has 5 nitrogen and oxygen atoms in total. The van der Waals surface area contributed by atoms with E-state index in [2.05, 4.69) is 0 Å². The molecule has 36 heavy (non-hydrogen) atoms. The normalized spacial score (nSPS) is 17.8. The molecule has 3 heterocycles. The number of piperidine rings is 1. The van der Waals surface area contributed by atoms with E-state index in [1.165, 1.54) is 10.6 Å². The Morgan fingerprint density at radius 2 is 1.58 bits per heavy atom. The lowest BCUT2D eigenvalue weighted by Crippen LogP contribution is -2.50. The molecular weight excluding hydrogens is 489 g/mol. The van der Waals surface area contributed by atoms with Crippen molar-refractivity contribution < 1.29 is 26.9 Å². The molecule has 2 aromatic carbocycles. The standard InChI is InChI=1S/C27H27F3N2O3S/c1-25(2,3)36(34)19-10-8-18(9-11-19)24(33)31-16-14-26(15-17-31)22-12-13-23(27(28,29)30)32(22)20-6-4-5-7-21(20)35-26/h4-13H,14-17H2,1-3H3/t36-/m1/s1. The summed E-state index contributed by atoms with van der Waals surface area (Å²) >= 11 is 0. The fourth-order valence-electron chi connectivity index (χ4n) is 4.95. The third-order valence-electron chi connectivity index (χ3n) is 6.78. The predicted octanol–water partition coefficient (Wildman–Crippen LogP) is 5.93. The number of carbonyl (C=O) groups excluding carboxylic acids is 1. The molecule has 1 amide bonds. The lowest BCUT2D eigenvalue weighted by molar-refractivity contribution is -0.143. The van der Waals surface area contributed by atoms with Gasteiger partial charge in [0.1, 0.15) is 11.4 Å². The minimum Gasteiger partial charge on any atom is -0.479 e. The number of fused-ring (bicyclic) bond motifs is 4. The zero-order valence-corrected chi connectivity index (χ0v) is 21.1. The van der Waals surface area contributed by atoms with Crippen molar-refractivity contribution in [1.82, 2.24) is 9.47 Å². The van der Waals surface area contributed by atoms with Crippen LogP contribution in [0, 0.1) is 0 Å². The van der Waals surface area contributed by atoms with Crippen molar-refractivity contribution in [1.29, 1.82) is 0 Å². The number of carbonyl (C=O) groups is 1. The summed E-state index contributed by atoms with van der Waals surface area (Å²) in [7, 11) is -1.20. The summed E-state index contributed by atoms with van der Waals surface area (Å²) in [6.07, 6.45) is -3.79. The number of halogens is 3. The third kappa shape index (κ3) is 4.13. The van der Waals surface area contributed by atoms with E-state index in [1.807, 2.05) is 20.8 Å². The molecule has 0 aliphatic carbocycles. The average Bonchev–Trinajstić information content (AvgIpc) is 3.31. The molecule has 1 spiro atoms. The lowest BCUT2D eigenvalue weighted by Gasteiger charge is -2.45. The first-order chi connectivity index (χ1) is 16.9. The van der Waals surface area contributed by atoms with Gasteiger partial charge in [0.2, 0.25) is 0 Å². The summed E-state index contributed by atoms with van der Waals surface area (Å²) in [6, 6.07) is 16.1. The minimum atomic E-state index is -4.51. The molecule has 2 aliphatic rings. The van der Waals surface area contributed by atoms with Gasteiger partial charge in [0.25, 0.3) is 5.91 Å². The van der Waals surface area contributed by atoms with Crippen LogP contribution in [0.4, 0.5) is 13.2 Å². The molecule has 0 N–H and O–H groups in total. The monoisotopic (exact) mass is 516 g/mol. The Bertz CT molecular complexity index is 1330. The van der Waals surface area contributed by atoms with Crippen LogP contribution in [-0.4, -0.2) is 37.4 Å². The first kappa shape index (κ1) is 24.6. The van der Waals surface area contributed by atoms with Gasteiger partial charge in [-0.15, -0.1) is 0 Å². The van der Waals surface area contributed by atoms with Gasteiger partial charge in [-0.25, -0.2) is 0 Å². The Morgan fingerprint density at radius 3 is 2.19 bits per heavy atom. The number of rotatable bonds is 2. The zero-order chi connectivity index (χ0) is 25.9. The highest BCUT2D eigenvalue weighted by Gasteiger charge is 2.48. The van der Waals surface area contributed by atoms with E-state index in [0.717, 1.165) is 6.07 Å². The number of hydrogen-bond acceptors (Lipinski definition) is 3. The smallest absolute Gasteiger partial charge is 0.431 e. The van der Waals surface area contributed by atoms with E-state index in [0.29, 0.717) is 53.5 Å². The molecule has 0 radical (unpaired) electrons. The van der Waals surface area contributed by atoms with Gasteiger partial charge in [-0.1, -0.05) is 12.1 Å². The van der Waals surface area contributed by atoms with Crippen LogP contribution < -0.4 is 4.74 Å². The summed E-state index contributed by atoms with van der Waals surface area (Å²) in [5.41, 5.74) is -0.393. The van der Waals surface area contributed by atoms with Crippen molar-refractivity contribution in [2.75, 3.05) is 13.1 Å². The zero-order valence-electron chi connectivity index (χ0n) is 20.3. The number of alkyl halides is 3. The van der Waals surface area contributed by atoms with Crippen molar-refractivity contribution in [3.8, 4) is 11.4 Å². The summed E-state index contributed by atoms with van der Waals surface area (Å²) in [5.74, 6) is 0.231. The molecule has 0 saturated carbocycles. The van der Waals surface area contributed by atoms with E-state index in [4.69, 9.17) is 4.74 Å². The van der Waals surface area contributed by atoms with Gasteiger partial charge in [-0.05, 0) is 69.3 Å². The van der Waals surface area contributed by atoms with Crippen LogP contribution in [0.2, 0.25) is 0 Å². The molecule has 1 atom stereocenters. The Balaban J connectivity index is 1.39. The number of hydrogen-bond donors (Lipinski definition) is 0. The number of likely N-dealkylation sites (tertiary alicyclic amines) is 1. The van der Waals surface area contributed by atoms with Crippen LogP contribution in [0.3, 0.4) is 0 Å². The Labute approximate surface area is 210 Å². The van der Waals surface area contributed by atoms with E-state index in [-0.39, 0.29) is 5.91 Å². The Kier molecular flexibility index (Phi) is 5.82. The fraction of sp³-hybridized carbons (Fsp3) is 0.370. The molecule has 0 bridgehead atoms. The van der Waals surface area contributed by atoms with Gasteiger partial charge in [-0.2, -0.15) is 13.2 Å². The van der Waals surface area contributed by atoms with E-state index in [9.17, 15) is 22.2 Å². The number of nitrogens with zero attached hydrogens (tertiary/aromatic N) is 2. The van der Waals surface area contributed by atoms with Gasteiger partial charge in [-0.3, -0.25) is 9.00 Å². The van der Waals surface area contributed by atoms with Crippen LogP contribution in [0.15, 0.2) is 65.6 Å². The first-order valence-electron chi connectivity index (χ1n) is 11.8. The molecule has 3 aromatic rings. The number of aromatic nitrogens is 1. The van der Waals surface area contributed by atoms with Gasteiger partial charge >= 0.3 is 6.18 Å². The molecule has 9 heteroatoms. The number of amides is 1. The summed E-state index contributed by atoms with van der Waals surface area (Å²) in [4.78, 5) is 15.5. The topological polar surface area (TPSA) is 51.5 Å². The van der Waals surface area contributed by atoms with Crippen molar-refractivity contribution in [3.63, 3.8) is 0 Å². The number of benzene rings is 2. The van der Waals surface area contributed by atoms with Crippen LogP contribution in [-0.2, 0) is 22.6 Å². The maximum Gasteiger partial charge on any atom is 0.431 e. The molecule has 1 saturated heterocycles. The highest BCUT2D eigenvalue weighted by atomic mass is 32.2. The minimum absolute atomic E-state index is 0.166. The van der Waals surface area contributed by atoms with E-state index in [1.54, 1.807) is 53.4 Å². The number of ether oxygens (including phenoxy) is 1.